The lowest BCUT2D eigenvalue weighted by atomic mass is 9.84. The molecule has 1 aliphatic rings. The summed E-state index contributed by atoms with van der Waals surface area (Å²) in [5, 5.41) is 6.19. The molecule has 0 spiro atoms. The molecule has 1 aliphatic carbocycles. The van der Waals surface area contributed by atoms with Crippen LogP contribution in [-0.2, 0) is 4.79 Å². The zero-order valence-electron chi connectivity index (χ0n) is 11.1. The van der Waals surface area contributed by atoms with E-state index in [0.29, 0.717) is 6.04 Å². The van der Waals surface area contributed by atoms with Crippen molar-refractivity contribution in [3.05, 3.63) is 0 Å². The number of carbonyl (C=O) groups excluding carboxylic acids is 1. The largest absolute Gasteiger partial charge is 0.352 e. The smallest absolute Gasteiger partial charge is 0.239 e. The van der Waals surface area contributed by atoms with Crippen molar-refractivity contribution in [3.63, 3.8) is 0 Å². The van der Waals surface area contributed by atoms with Crippen molar-refractivity contribution in [1.82, 2.24) is 10.6 Å². The number of hydrogen-bond acceptors (Lipinski definition) is 2. The van der Waals surface area contributed by atoms with Crippen LogP contribution in [0.4, 0.5) is 0 Å². The van der Waals surface area contributed by atoms with Crippen molar-refractivity contribution in [3.8, 4) is 0 Å². The third kappa shape index (κ3) is 3.48. The van der Waals surface area contributed by atoms with E-state index in [1.165, 1.54) is 19.3 Å². The van der Waals surface area contributed by atoms with E-state index in [2.05, 4.69) is 17.6 Å². The SMILES string of the molecule is CCC1CCC(NC(=O)C(C)(C)NC)CC1. The van der Waals surface area contributed by atoms with Gasteiger partial charge in [0.15, 0.2) is 0 Å². The van der Waals surface area contributed by atoms with Crippen molar-refractivity contribution >= 4 is 5.91 Å². The zero-order chi connectivity index (χ0) is 12.2. The highest BCUT2D eigenvalue weighted by atomic mass is 16.2. The van der Waals surface area contributed by atoms with Crippen LogP contribution in [-0.4, -0.2) is 24.5 Å². The third-order valence-corrected chi connectivity index (χ3v) is 3.95. The van der Waals surface area contributed by atoms with Gasteiger partial charge in [-0.25, -0.2) is 0 Å². The summed E-state index contributed by atoms with van der Waals surface area (Å²) >= 11 is 0. The Bertz CT molecular complexity index is 230. The monoisotopic (exact) mass is 226 g/mol. The van der Waals surface area contributed by atoms with Gasteiger partial charge in [-0.05, 0) is 52.5 Å². The van der Waals surface area contributed by atoms with Gasteiger partial charge in [0.2, 0.25) is 5.91 Å². The Balaban J connectivity index is 2.36. The lowest BCUT2D eigenvalue weighted by molar-refractivity contribution is -0.127. The molecule has 0 saturated heterocycles. The van der Waals surface area contributed by atoms with Crippen molar-refractivity contribution in [2.75, 3.05) is 7.05 Å². The molecule has 1 rings (SSSR count). The van der Waals surface area contributed by atoms with Crippen LogP contribution >= 0.6 is 0 Å². The van der Waals surface area contributed by atoms with E-state index in [0.717, 1.165) is 18.8 Å². The number of amides is 1. The van der Waals surface area contributed by atoms with Crippen molar-refractivity contribution in [1.29, 1.82) is 0 Å². The van der Waals surface area contributed by atoms with Gasteiger partial charge in [0.25, 0.3) is 0 Å². The van der Waals surface area contributed by atoms with E-state index >= 15 is 0 Å². The molecule has 0 bridgehead atoms. The second kappa shape index (κ2) is 5.67. The molecule has 1 amide bonds. The number of rotatable bonds is 4. The quantitative estimate of drug-likeness (QED) is 0.770. The van der Waals surface area contributed by atoms with Gasteiger partial charge in [0.05, 0.1) is 5.54 Å². The van der Waals surface area contributed by atoms with Gasteiger partial charge in [-0.2, -0.15) is 0 Å². The molecule has 0 aromatic carbocycles. The molecule has 0 unspecified atom stereocenters. The van der Waals surface area contributed by atoms with E-state index in [1.807, 2.05) is 20.9 Å². The maximum Gasteiger partial charge on any atom is 0.239 e. The Hall–Kier alpha value is -0.570. The minimum absolute atomic E-state index is 0.120. The highest BCUT2D eigenvalue weighted by Gasteiger charge is 2.28. The first kappa shape index (κ1) is 13.5. The zero-order valence-corrected chi connectivity index (χ0v) is 11.1. The fourth-order valence-corrected chi connectivity index (χ4v) is 2.19. The summed E-state index contributed by atoms with van der Waals surface area (Å²) < 4.78 is 0. The normalized spacial score (nSPS) is 26.5. The number of likely N-dealkylation sites (N-methyl/N-ethyl adjacent to an activating group) is 1. The molecule has 0 aromatic heterocycles. The Morgan fingerprint density at radius 1 is 1.25 bits per heavy atom. The fourth-order valence-electron chi connectivity index (χ4n) is 2.19. The molecule has 3 nitrogen and oxygen atoms in total. The fraction of sp³-hybridized carbons (Fsp3) is 0.923. The summed E-state index contributed by atoms with van der Waals surface area (Å²) in [7, 11) is 1.83. The number of nitrogens with one attached hydrogen (secondary N) is 2. The molecule has 94 valence electrons. The molecule has 1 fully saturated rings. The third-order valence-electron chi connectivity index (χ3n) is 3.95. The second-order valence-electron chi connectivity index (χ2n) is 5.47. The van der Waals surface area contributed by atoms with Gasteiger partial charge in [0.1, 0.15) is 0 Å². The van der Waals surface area contributed by atoms with E-state index in [1.54, 1.807) is 0 Å². The molecule has 16 heavy (non-hydrogen) atoms. The van der Waals surface area contributed by atoms with Crippen molar-refractivity contribution in [2.24, 2.45) is 5.92 Å². The van der Waals surface area contributed by atoms with Gasteiger partial charge < -0.3 is 10.6 Å². The molecule has 0 aliphatic heterocycles. The first-order valence-corrected chi connectivity index (χ1v) is 6.49. The Morgan fingerprint density at radius 3 is 2.25 bits per heavy atom. The molecule has 1 saturated carbocycles. The van der Waals surface area contributed by atoms with E-state index < -0.39 is 5.54 Å². The Labute approximate surface area is 99.4 Å². The van der Waals surface area contributed by atoms with Crippen molar-refractivity contribution in [2.45, 2.75) is 64.5 Å². The molecule has 0 aromatic rings. The van der Waals surface area contributed by atoms with Gasteiger partial charge in [-0.1, -0.05) is 13.3 Å². The first-order chi connectivity index (χ1) is 7.49. The van der Waals surface area contributed by atoms with E-state index in [-0.39, 0.29) is 5.91 Å². The lowest BCUT2D eigenvalue weighted by Crippen LogP contribution is -2.54. The minimum atomic E-state index is -0.457. The first-order valence-electron chi connectivity index (χ1n) is 6.49. The van der Waals surface area contributed by atoms with Gasteiger partial charge in [-0.3, -0.25) is 4.79 Å². The summed E-state index contributed by atoms with van der Waals surface area (Å²) in [5.74, 6) is 1.00. The van der Waals surface area contributed by atoms with Gasteiger partial charge >= 0.3 is 0 Å². The van der Waals surface area contributed by atoms with Crippen molar-refractivity contribution < 1.29 is 4.79 Å². The van der Waals surface area contributed by atoms with Crippen LogP contribution in [0.3, 0.4) is 0 Å². The van der Waals surface area contributed by atoms with E-state index in [9.17, 15) is 4.79 Å². The van der Waals surface area contributed by atoms with Gasteiger partial charge in [0, 0.05) is 6.04 Å². The van der Waals surface area contributed by atoms with Crippen LogP contribution in [0.5, 0.6) is 0 Å². The highest BCUT2D eigenvalue weighted by Crippen LogP contribution is 2.26. The van der Waals surface area contributed by atoms with Crippen LogP contribution in [0, 0.1) is 5.92 Å². The Morgan fingerprint density at radius 2 is 1.81 bits per heavy atom. The topological polar surface area (TPSA) is 41.1 Å². The molecule has 3 heteroatoms. The van der Waals surface area contributed by atoms with E-state index in [4.69, 9.17) is 0 Å². The predicted molar refractivity (Wildman–Crippen MR) is 67.3 cm³/mol. The molecular formula is C13H26N2O. The molecule has 0 heterocycles. The second-order valence-corrected chi connectivity index (χ2v) is 5.47. The number of carbonyl (C=O) groups is 1. The van der Waals surface area contributed by atoms with Crippen LogP contribution in [0.15, 0.2) is 0 Å². The summed E-state index contributed by atoms with van der Waals surface area (Å²) in [6.45, 7) is 6.09. The lowest BCUT2D eigenvalue weighted by Gasteiger charge is -2.31. The van der Waals surface area contributed by atoms with Crippen LogP contribution in [0.2, 0.25) is 0 Å². The molecule has 2 N–H and O–H groups in total. The summed E-state index contributed by atoms with van der Waals surface area (Å²) in [5.41, 5.74) is -0.457. The molecule has 0 radical (unpaired) electrons. The molecule has 0 atom stereocenters. The maximum absolute atomic E-state index is 11.9. The average Bonchev–Trinajstić information content (AvgIpc) is 2.30. The van der Waals surface area contributed by atoms with Crippen LogP contribution in [0.25, 0.3) is 0 Å². The minimum Gasteiger partial charge on any atom is -0.352 e. The molecular weight excluding hydrogens is 200 g/mol. The predicted octanol–water partition coefficient (Wildman–Crippen LogP) is 2.07. The summed E-state index contributed by atoms with van der Waals surface area (Å²) in [6, 6.07) is 0.392. The standard InChI is InChI=1S/C13H26N2O/c1-5-10-6-8-11(9-7-10)15-12(16)13(2,3)14-4/h10-11,14H,5-9H2,1-4H3,(H,15,16). The van der Waals surface area contributed by atoms with Crippen LogP contribution < -0.4 is 10.6 Å². The number of hydrogen-bond donors (Lipinski definition) is 2. The van der Waals surface area contributed by atoms with Crippen LogP contribution in [0.1, 0.15) is 52.9 Å². The summed E-state index contributed by atoms with van der Waals surface area (Å²) in [6.07, 6.45) is 6.10. The highest BCUT2D eigenvalue weighted by molar-refractivity contribution is 5.85. The van der Waals surface area contributed by atoms with Gasteiger partial charge in [-0.15, -0.1) is 0 Å². The summed E-state index contributed by atoms with van der Waals surface area (Å²) in [4.78, 5) is 11.9. The average molecular weight is 226 g/mol. The Kier molecular flexibility index (Phi) is 4.78. The maximum atomic E-state index is 11.9.